The normalized spacial score (nSPS) is 17.9. The van der Waals surface area contributed by atoms with E-state index in [0.29, 0.717) is 6.54 Å². The number of hydrogen-bond acceptors (Lipinski definition) is 3. The van der Waals surface area contributed by atoms with Gasteiger partial charge in [0.15, 0.2) is 0 Å². The summed E-state index contributed by atoms with van der Waals surface area (Å²) < 4.78 is 14.4. The Labute approximate surface area is 48.4 Å². The molecule has 0 spiro atoms. The molecule has 0 saturated heterocycles. The van der Waals surface area contributed by atoms with Gasteiger partial charge in [-0.1, -0.05) is 6.92 Å². The second-order valence-corrected chi connectivity index (χ2v) is 2.87. The van der Waals surface area contributed by atoms with Gasteiger partial charge in [-0.15, -0.1) is 0 Å². The minimum Gasteiger partial charge on any atom is -0.766 e. The zero-order valence-electron chi connectivity index (χ0n) is 4.88. The van der Waals surface area contributed by atoms with Crippen LogP contribution < -0.4 is 9.98 Å². The summed E-state index contributed by atoms with van der Waals surface area (Å²) in [4.78, 5) is 10.3. The summed E-state index contributed by atoms with van der Waals surface area (Å²) >= 11 is 0. The molecule has 0 saturated carbocycles. The second-order valence-electron chi connectivity index (χ2n) is 1.19. The Morgan fingerprint density at radius 1 is 1.88 bits per heavy atom. The molecule has 0 rings (SSSR count). The van der Waals surface area contributed by atoms with Gasteiger partial charge in [0, 0.05) is 7.11 Å². The number of hydrogen-bond donors (Lipinski definition) is 1. The van der Waals surface area contributed by atoms with Gasteiger partial charge in [-0.3, -0.25) is 9.65 Å². The Hall–Kier alpha value is 0.110. The minimum atomic E-state index is -3.67. The molecule has 0 amide bonds. The van der Waals surface area contributed by atoms with E-state index in [1.54, 1.807) is 6.92 Å². The molecule has 1 unspecified atom stereocenters. The van der Waals surface area contributed by atoms with Crippen LogP contribution >= 0.6 is 7.75 Å². The van der Waals surface area contributed by atoms with Crippen LogP contribution in [0.15, 0.2) is 0 Å². The lowest BCUT2D eigenvalue weighted by Gasteiger charge is -2.20. The van der Waals surface area contributed by atoms with Crippen molar-refractivity contribution in [2.75, 3.05) is 13.7 Å². The molecule has 0 aliphatic carbocycles. The van der Waals surface area contributed by atoms with Gasteiger partial charge in [0.05, 0.1) is 0 Å². The molecule has 0 aromatic heterocycles. The molecule has 0 aromatic rings. The van der Waals surface area contributed by atoms with E-state index < -0.39 is 7.75 Å². The van der Waals surface area contributed by atoms with Crippen molar-refractivity contribution in [3.8, 4) is 0 Å². The van der Waals surface area contributed by atoms with E-state index >= 15 is 0 Å². The van der Waals surface area contributed by atoms with Gasteiger partial charge in [-0.2, -0.15) is 0 Å². The van der Waals surface area contributed by atoms with Gasteiger partial charge >= 0.3 is 0 Å². The van der Waals surface area contributed by atoms with Gasteiger partial charge in [0.2, 0.25) is 7.75 Å². The molecular formula is C3H9NO3P-. The minimum absolute atomic E-state index is 0.370. The highest BCUT2D eigenvalue weighted by Crippen LogP contribution is 2.28. The molecule has 5 heteroatoms. The molecule has 0 bridgehead atoms. The molecule has 1 atom stereocenters. The zero-order valence-corrected chi connectivity index (χ0v) is 5.77. The fourth-order valence-corrected chi connectivity index (χ4v) is 0.775. The van der Waals surface area contributed by atoms with Crippen LogP contribution in [0.4, 0.5) is 0 Å². The van der Waals surface area contributed by atoms with Crippen LogP contribution in [0.25, 0.3) is 0 Å². The molecule has 0 aliphatic heterocycles. The maximum absolute atomic E-state index is 10.3. The van der Waals surface area contributed by atoms with Gasteiger partial charge in [0.1, 0.15) is 0 Å². The van der Waals surface area contributed by atoms with Crippen molar-refractivity contribution in [2.45, 2.75) is 6.92 Å². The lowest BCUT2D eigenvalue weighted by atomic mass is 10.8. The molecule has 0 heterocycles. The lowest BCUT2D eigenvalue weighted by Crippen LogP contribution is -2.19. The molecule has 0 aromatic carbocycles. The van der Waals surface area contributed by atoms with E-state index in [0.717, 1.165) is 7.11 Å². The molecule has 1 N–H and O–H groups in total. The Morgan fingerprint density at radius 2 is 2.38 bits per heavy atom. The van der Waals surface area contributed by atoms with E-state index in [9.17, 15) is 9.46 Å². The van der Waals surface area contributed by atoms with Gasteiger partial charge < -0.3 is 9.42 Å². The first kappa shape index (κ1) is 8.11. The summed E-state index contributed by atoms with van der Waals surface area (Å²) in [6.07, 6.45) is 0. The topological polar surface area (TPSA) is 61.4 Å². The van der Waals surface area contributed by atoms with Gasteiger partial charge in [-0.05, 0) is 6.54 Å². The van der Waals surface area contributed by atoms with Crippen molar-refractivity contribution in [2.24, 2.45) is 0 Å². The van der Waals surface area contributed by atoms with Crippen LogP contribution in [0.1, 0.15) is 6.92 Å². The van der Waals surface area contributed by atoms with Crippen LogP contribution in [0.5, 0.6) is 0 Å². The van der Waals surface area contributed by atoms with Crippen LogP contribution in [-0.2, 0) is 9.09 Å². The smallest absolute Gasteiger partial charge is 0.204 e. The molecule has 0 aliphatic rings. The Balaban J connectivity index is 3.55. The molecule has 50 valence electrons. The van der Waals surface area contributed by atoms with E-state index in [1.165, 1.54) is 0 Å². The molecular weight excluding hydrogens is 129 g/mol. The highest BCUT2D eigenvalue weighted by atomic mass is 31.2. The van der Waals surface area contributed by atoms with Crippen LogP contribution in [0.2, 0.25) is 0 Å². The summed E-state index contributed by atoms with van der Waals surface area (Å²) in [5.74, 6) is 0. The Morgan fingerprint density at radius 3 is 2.50 bits per heavy atom. The van der Waals surface area contributed by atoms with E-state index in [-0.39, 0.29) is 0 Å². The lowest BCUT2D eigenvalue weighted by molar-refractivity contribution is -0.199. The highest BCUT2D eigenvalue weighted by molar-refractivity contribution is 7.49. The third-order valence-corrected chi connectivity index (χ3v) is 1.78. The summed E-state index contributed by atoms with van der Waals surface area (Å²) in [5, 5.41) is 2.15. The van der Waals surface area contributed by atoms with Crippen molar-refractivity contribution in [3.05, 3.63) is 0 Å². The largest absolute Gasteiger partial charge is 0.766 e. The summed E-state index contributed by atoms with van der Waals surface area (Å²) in [7, 11) is -2.55. The average molecular weight is 138 g/mol. The molecule has 0 fully saturated rings. The third kappa shape index (κ3) is 3.16. The first-order chi connectivity index (χ1) is 3.62. The summed E-state index contributed by atoms with van der Waals surface area (Å²) in [5.41, 5.74) is 0. The van der Waals surface area contributed by atoms with Crippen molar-refractivity contribution >= 4 is 7.75 Å². The quantitative estimate of drug-likeness (QED) is 0.544. The molecule has 4 nitrogen and oxygen atoms in total. The van der Waals surface area contributed by atoms with Crippen molar-refractivity contribution in [3.63, 3.8) is 0 Å². The van der Waals surface area contributed by atoms with Crippen molar-refractivity contribution < 1.29 is 14.0 Å². The van der Waals surface area contributed by atoms with Crippen molar-refractivity contribution in [1.82, 2.24) is 5.09 Å². The van der Waals surface area contributed by atoms with Crippen LogP contribution in [0, 0.1) is 0 Å². The van der Waals surface area contributed by atoms with E-state index in [2.05, 4.69) is 9.61 Å². The fourth-order valence-electron chi connectivity index (χ4n) is 0.258. The predicted octanol–water partition coefficient (Wildman–Crippen LogP) is -0.289. The Bertz CT molecular complexity index is 105. The maximum Gasteiger partial charge on any atom is 0.204 e. The highest BCUT2D eigenvalue weighted by Gasteiger charge is 1.99. The number of nitrogens with one attached hydrogen (secondary N) is 1. The SMILES string of the molecule is CCNP(=O)([O-])OC. The predicted molar refractivity (Wildman–Crippen MR) is 28.3 cm³/mol. The standard InChI is InChI=1S/C3H10NO3P/c1-3-4-8(5,6)7-2/h3H2,1-2H3,(H2,4,5,6)/p-1. The van der Waals surface area contributed by atoms with Crippen LogP contribution in [0.3, 0.4) is 0 Å². The first-order valence-corrected chi connectivity index (χ1v) is 3.78. The van der Waals surface area contributed by atoms with Gasteiger partial charge in [-0.25, -0.2) is 0 Å². The van der Waals surface area contributed by atoms with Crippen molar-refractivity contribution in [1.29, 1.82) is 0 Å². The van der Waals surface area contributed by atoms with Gasteiger partial charge in [0.25, 0.3) is 0 Å². The maximum atomic E-state index is 10.3. The fraction of sp³-hybridized carbons (Fsp3) is 1.00. The molecule has 8 heavy (non-hydrogen) atoms. The van der Waals surface area contributed by atoms with E-state index in [1.807, 2.05) is 0 Å². The van der Waals surface area contributed by atoms with E-state index in [4.69, 9.17) is 0 Å². The second kappa shape index (κ2) is 3.20. The monoisotopic (exact) mass is 138 g/mol. The molecule has 0 radical (unpaired) electrons. The summed E-state index contributed by atoms with van der Waals surface area (Å²) in [6.45, 7) is 2.05. The first-order valence-electron chi connectivity index (χ1n) is 2.24. The third-order valence-electron chi connectivity index (χ3n) is 0.592. The zero-order chi connectivity index (χ0) is 6.62. The average Bonchev–Trinajstić information content (AvgIpc) is 1.67. The summed E-state index contributed by atoms with van der Waals surface area (Å²) in [6, 6.07) is 0. The number of rotatable bonds is 3. The Kier molecular flexibility index (Phi) is 3.24. The van der Waals surface area contributed by atoms with Crippen LogP contribution in [-0.4, -0.2) is 13.7 Å².